The number of hydrogen-bond donors (Lipinski definition) is 0. The van der Waals surface area contributed by atoms with Gasteiger partial charge in [-0.3, -0.25) is 9.59 Å². The minimum atomic E-state index is -5.62. The molecule has 208 valence electrons. The van der Waals surface area contributed by atoms with Crippen LogP contribution in [0.3, 0.4) is 0 Å². The molecule has 2 atom stereocenters. The molecule has 0 aliphatic heterocycles. The topological polar surface area (TPSA) is 52.6 Å². The molecule has 0 heterocycles. The Hall–Kier alpha value is -1.48. The number of alkyl halides is 6. The minimum absolute atomic E-state index is 0.0892. The van der Waals surface area contributed by atoms with E-state index < -0.39 is 48.7 Å². The van der Waals surface area contributed by atoms with Crippen molar-refractivity contribution >= 4 is 11.9 Å². The van der Waals surface area contributed by atoms with Crippen LogP contribution < -0.4 is 0 Å². The van der Waals surface area contributed by atoms with Gasteiger partial charge in [-0.15, -0.1) is 0 Å². The first-order valence-corrected chi connectivity index (χ1v) is 12.8. The van der Waals surface area contributed by atoms with Crippen LogP contribution in [0.1, 0.15) is 104 Å². The summed E-state index contributed by atoms with van der Waals surface area (Å²) in [5.41, 5.74) is 0. The van der Waals surface area contributed by atoms with Gasteiger partial charge in [-0.05, 0) is 19.3 Å². The second kappa shape index (κ2) is 17.9. The molecule has 0 rings (SSSR count). The normalized spacial score (nSPS) is 14.1. The van der Waals surface area contributed by atoms with Gasteiger partial charge in [-0.25, -0.2) is 8.78 Å². The third kappa shape index (κ3) is 13.4. The van der Waals surface area contributed by atoms with E-state index in [1.54, 1.807) is 0 Å². The van der Waals surface area contributed by atoms with E-state index in [2.05, 4.69) is 11.7 Å². The highest BCUT2D eigenvalue weighted by atomic mass is 19.3. The van der Waals surface area contributed by atoms with Gasteiger partial charge in [0, 0.05) is 0 Å². The lowest BCUT2D eigenvalue weighted by atomic mass is 9.94. The van der Waals surface area contributed by atoms with Crippen molar-refractivity contribution in [2.24, 2.45) is 11.8 Å². The fraction of sp³-hybridized carbons (Fsp3) is 0.920. The van der Waals surface area contributed by atoms with Crippen LogP contribution >= 0.6 is 0 Å². The average molecular weight is 521 g/mol. The zero-order valence-corrected chi connectivity index (χ0v) is 21.2. The largest absolute Gasteiger partial charge is 0.465 e. The van der Waals surface area contributed by atoms with E-state index in [9.17, 15) is 35.9 Å². The molecule has 0 aliphatic carbocycles. The number of carbonyl (C=O) groups excluding carboxylic acids is 2. The first-order chi connectivity index (χ1) is 16.4. The summed E-state index contributed by atoms with van der Waals surface area (Å²) in [6.45, 7) is 3.29. The molecule has 0 aromatic heterocycles. The van der Waals surface area contributed by atoms with Gasteiger partial charge >= 0.3 is 30.2 Å². The number of hydrogen-bond acceptors (Lipinski definition) is 4. The molecule has 0 N–H and O–H groups in total. The lowest BCUT2D eigenvalue weighted by Gasteiger charge is -2.26. The Morgan fingerprint density at radius 3 is 1.69 bits per heavy atom. The lowest BCUT2D eigenvalue weighted by Crippen LogP contribution is -2.49. The van der Waals surface area contributed by atoms with Gasteiger partial charge in [-0.1, -0.05) is 85.0 Å². The van der Waals surface area contributed by atoms with Gasteiger partial charge < -0.3 is 9.47 Å². The first-order valence-electron chi connectivity index (χ1n) is 12.8. The van der Waals surface area contributed by atoms with Crippen molar-refractivity contribution in [3.8, 4) is 0 Å². The van der Waals surface area contributed by atoms with Gasteiger partial charge in [0.25, 0.3) is 0 Å². The highest BCUT2D eigenvalue weighted by Crippen LogP contribution is 2.39. The highest BCUT2D eigenvalue weighted by molar-refractivity contribution is 5.75. The molecule has 0 aliphatic rings. The fourth-order valence-electron chi connectivity index (χ4n) is 3.57. The molecular formula is C25H42F6O4. The van der Waals surface area contributed by atoms with Crippen molar-refractivity contribution in [1.82, 2.24) is 0 Å². The maximum absolute atomic E-state index is 13.3. The molecule has 0 fully saturated rings. The Morgan fingerprint density at radius 2 is 1.23 bits per heavy atom. The van der Waals surface area contributed by atoms with Gasteiger partial charge in [0.2, 0.25) is 0 Å². The Morgan fingerprint density at radius 1 is 0.743 bits per heavy atom. The van der Waals surface area contributed by atoms with Crippen molar-refractivity contribution in [3.05, 3.63) is 0 Å². The number of esters is 2. The second-order valence-corrected chi connectivity index (χ2v) is 9.18. The number of rotatable bonds is 21. The standard InChI is InChI=1S/C25H42F6O4/c1-4-6-7-8-9-10-11-12-13-14-15-16-34-21(32)19(3)17-20(5-2)22(33)35-18-24(28,29)25(30,31)23(26)27/h19-20,23H,4-18H2,1-3H3. The second-order valence-electron chi connectivity index (χ2n) is 9.18. The van der Waals surface area contributed by atoms with Gasteiger partial charge in [0.05, 0.1) is 18.4 Å². The molecule has 0 amide bonds. The Kier molecular flexibility index (Phi) is 17.1. The van der Waals surface area contributed by atoms with Crippen molar-refractivity contribution in [3.63, 3.8) is 0 Å². The van der Waals surface area contributed by atoms with Crippen LogP contribution in [0.15, 0.2) is 0 Å². The Bertz CT molecular complexity index is 586. The van der Waals surface area contributed by atoms with Gasteiger partial charge in [0.1, 0.15) is 0 Å². The van der Waals surface area contributed by atoms with E-state index in [-0.39, 0.29) is 19.4 Å². The Labute approximate surface area is 205 Å². The van der Waals surface area contributed by atoms with Crippen molar-refractivity contribution in [2.45, 2.75) is 123 Å². The molecule has 0 saturated heterocycles. The maximum Gasteiger partial charge on any atom is 0.372 e. The molecule has 0 aromatic carbocycles. The van der Waals surface area contributed by atoms with Crippen LogP contribution in [0, 0.1) is 11.8 Å². The summed E-state index contributed by atoms with van der Waals surface area (Å²) < 4.78 is 86.3. The van der Waals surface area contributed by atoms with E-state index in [0.717, 1.165) is 19.3 Å². The van der Waals surface area contributed by atoms with Crippen LogP contribution in [0.4, 0.5) is 26.3 Å². The summed E-state index contributed by atoms with van der Waals surface area (Å²) in [7, 11) is 0. The summed E-state index contributed by atoms with van der Waals surface area (Å²) in [6, 6.07) is 0. The van der Waals surface area contributed by atoms with E-state index in [1.165, 1.54) is 58.8 Å². The van der Waals surface area contributed by atoms with Crippen LogP contribution in [-0.4, -0.2) is 43.4 Å². The van der Waals surface area contributed by atoms with Crippen molar-refractivity contribution < 1.29 is 45.4 Å². The monoisotopic (exact) mass is 520 g/mol. The molecule has 10 heteroatoms. The third-order valence-corrected chi connectivity index (χ3v) is 6.02. The molecule has 35 heavy (non-hydrogen) atoms. The molecule has 0 spiro atoms. The highest BCUT2D eigenvalue weighted by Gasteiger charge is 2.63. The molecule has 2 unspecified atom stereocenters. The Balaban J connectivity index is 4.15. The van der Waals surface area contributed by atoms with E-state index in [0.29, 0.717) is 6.42 Å². The van der Waals surface area contributed by atoms with Crippen LogP contribution in [0.25, 0.3) is 0 Å². The smallest absolute Gasteiger partial charge is 0.372 e. The van der Waals surface area contributed by atoms with Crippen LogP contribution in [0.2, 0.25) is 0 Å². The van der Waals surface area contributed by atoms with Crippen molar-refractivity contribution in [1.29, 1.82) is 0 Å². The van der Waals surface area contributed by atoms with E-state index in [4.69, 9.17) is 4.74 Å². The SMILES string of the molecule is CCCCCCCCCCCCCOC(=O)C(C)CC(CC)C(=O)OCC(F)(F)C(F)(F)C(F)F. The molecule has 0 radical (unpaired) electrons. The number of ether oxygens (including phenoxy) is 2. The van der Waals surface area contributed by atoms with Gasteiger partial charge in [-0.2, -0.15) is 17.6 Å². The summed E-state index contributed by atoms with van der Waals surface area (Å²) in [5, 5.41) is 0. The van der Waals surface area contributed by atoms with E-state index >= 15 is 0 Å². The summed E-state index contributed by atoms with van der Waals surface area (Å²) in [6.07, 6.45) is 8.07. The fourth-order valence-corrected chi connectivity index (χ4v) is 3.57. The molecule has 0 aromatic rings. The van der Waals surface area contributed by atoms with Crippen LogP contribution in [-0.2, 0) is 19.1 Å². The zero-order valence-electron chi connectivity index (χ0n) is 21.2. The zero-order chi connectivity index (χ0) is 26.9. The average Bonchev–Trinajstić information content (AvgIpc) is 2.81. The maximum atomic E-state index is 13.3. The minimum Gasteiger partial charge on any atom is -0.465 e. The predicted octanol–water partition coefficient (Wildman–Crippen LogP) is 7.97. The quantitative estimate of drug-likeness (QED) is 0.0875. The first kappa shape index (κ1) is 33.5. The molecular weight excluding hydrogens is 478 g/mol. The summed E-state index contributed by atoms with van der Waals surface area (Å²) >= 11 is 0. The number of halogens is 6. The third-order valence-electron chi connectivity index (χ3n) is 6.02. The number of unbranched alkanes of at least 4 members (excludes halogenated alkanes) is 10. The molecule has 4 nitrogen and oxygen atoms in total. The number of carbonyl (C=O) groups is 2. The molecule has 0 saturated carbocycles. The molecule has 0 bridgehead atoms. The lowest BCUT2D eigenvalue weighted by molar-refractivity contribution is -0.277. The van der Waals surface area contributed by atoms with Gasteiger partial charge in [0.15, 0.2) is 6.61 Å². The predicted molar refractivity (Wildman–Crippen MR) is 122 cm³/mol. The van der Waals surface area contributed by atoms with Crippen LogP contribution in [0.5, 0.6) is 0 Å². The van der Waals surface area contributed by atoms with E-state index in [1.807, 2.05) is 0 Å². The van der Waals surface area contributed by atoms with Crippen molar-refractivity contribution in [2.75, 3.05) is 13.2 Å². The summed E-state index contributed by atoms with van der Waals surface area (Å²) in [5.74, 6) is -14.4. The summed E-state index contributed by atoms with van der Waals surface area (Å²) in [4.78, 5) is 24.2.